The number of rotatable bonds is 15. The maximum atomic E-state index is 12.1. The van der Waals surface area contributed by atoms with Gasteiger partial charge in [0, 0.05) is 13.5 Å². The van der Waals surface area contributed by atoms with Gasteiger partial charge in [-0.3, -0.25) is 4.79 Å². The van der Waals surface area contributed by atoms with E-state index in [2.05, 4.69) is 0 Å². The molecule has 0 aliphatic carbocycles. The Labute approximate surface area is 177 Å². The number of hydrogen-bond donors (Lipinski definition) is 6. The van der Waals surface area contributed by atoms with Crippen molar-refractivity contribution < 1.29 is 54.9 Å². The minimum atomic E-state index is -9.51. The molecule has 31 heavy (non-hydrogen) atoms. The van der Waals surface area contributed by atoms with E-state index in [1.807, 2.05) is 0 Å². The SMILES string of the molecule is CN(C(=O)CCCCCCC/C=C/S(F)(F)(F)(F)F)C(O)C(O)C(O)C(O)C(O)CO. The van der Waals surface area contributed by atoms with E-state index in [1.165, 1.54) is 0 Å². The van der Waals surface area contributed by atoms with E-state index < -0.39 is 58.8 Å². The molecule has 0 rings (SSSR count). The van der Waals surface area contributed by atoms with Crippen molar-refractivity contribution in [1.82, 2.24) is 4.90 Å². The fourth-order valence-corrected chi connectivity index (χ4v) is 3.09. The second kappa shape index (κ2) is 11.2. The first-order valence-electron chi connectivity index (χ1n) is 9.58. The van der Waals surface area contributed by atoms with Crippen molar-refractivity contribution in [3.63, 3.8) is 0 Å². The van der Waals surface area contributed by atoms with Crippen LogP contribution in [0.3, 0.4) is 0 Å². The van der Waals surface area contributed by atoms with E-state index >= 15 is 0 Å². The zero-order chi connectivity index (χ0) is 24.5. The molecule has 0 aliphatic heterocycles. The maximum Gasteiger partial charge on any atom is 0.304 e. The third-order valence-electron chi connectivity index (χ3n) is 4.49. The lowest BCUT2D eigenvalue weighted by atomic mass is 10.0. The number of carbonyl (C=O) groups excluding carboxylic acids is 1. The van der Waals surface area contributed by atoms with Crippen molar-refractivity contribution in [2.75, 3.05) is 13.7 Å². The fraction of sp³-hybridized carbons (Fsp3) is 0.824. The number of carbonyl (C=O) groups is 1. The number of unbranched alkanes of at least 4 members (excludes halogenated alkanes) is 5. The number of nitrogens with zero attached hydrogens (tertiary/aromatic N) is 1. The molecule has 0 fully saturated rings. The van der Waals surface area contributed by atoms with Gasteiger partial charge in [-0.05, 0) is 19.3 Å². The zero-order valence-corrected chi connectivity index (χ0v) is 17.9. The highest BCUT2D eigenvalue weighted by Crippen LogP contribution is 2.98. The standard InChI is InChI=1S/C17H32F5NO7S/c1-23(17(30)16(29)15(28)14(27)12(25)11-24)13(26)9-7-5-3-2-4-6-8-10-31(18,19,20,21)22/h8,10,12,14-17,24-25,27-30H,2-7,9,11H2,1H3/b10-8+. The summed E-state index contributed by atoms with van der Waals surface area (Å²) in [5.41, 5.74) is 0. The molecule has 0 saturated carbocycles. The molecule has 8 nitrogen and oxygen atoms in total. The molecule has 0 bridgehead atoms. The Morgan fingerprint density at radius 3 is 1.90 bits per heavy atom. The van der Waals surface area contributed by atoms with E-state index in [-0.39, 0.29) is 19.3 Å². The molecule has 188 valence electrons. The number of allylic oxidation sites excluding steroid dienone is 1. The average molecular weight is 490 g/mol. The summed E-state index contributed by atoms with van der Waals surface area (Å²) in [4.78, 5) is 12.8. The predicted molar refractivity (Wildman–Crippen MR) is 104 cm³/mol. The average Bonchev–Trinajstić information content (AvgIpc) is 2.66. The Balaban J connectivity index is 4.20. The summed E-state index contributed by atoms with van der Waals surface area (Å²) in [7, 11) is -8.37. The second-order valence-electron chi connectivity index (χ2n) is 7.35. The van der Waals surface area contributed by atoms with Crippen LogP contribution >= 0.6 is 10.2 Å². The predicted octanol–water partition coefficient (Wildman–Crippen LogP) is 1.74. The van der Waals surface area contributed by atoms with Gasteiger partial charge in [0.2, 0.25) is 5.91 Å². The second-order valence-corrected chi connectivity index (χ2v) is 9.68. The molecule has 0 saturated heterocycles. The van der Waals surface area contributed by atoms with Crippen molar-refractivity contribution in [2.24, 2.45) is 0 Å². The Morgan fingerprint density at radius 2 is 1.39 bits per heavy atom. The van der Waals surface area contributed by atoms with Crippen molar-refractivity contribution in [3.8, 4) is 0 Å². The number of aliphatic hydroxyl groups excluding tert-OH is 6. The highest BCUT2D eigenvalue weighted by molar-refractivity contribution is 8.48. The zero-order valence-electron chi connectivity index (χ0n) is 17.0. The molecule has 0 aromatic heterocycles. The van der Waals surface area contributed by atoms with E-state index in [1.54, 1.807) is 0 Å². The van der Waals surface area contributed by atoms with E-state index in [4.69, 9.17) is 5.11 Å². The Morgan fingerprint density at radius 1 is 0.871 bits per heavy atom. The number of hydrogen-bond acceptors (Lipinski definition) is 7. The quantitative estimate of drug-likeness (QED) is 0.117. The minimum Gasteiger partial charge on any atom is -0.394 e. The van der Waals surface area contributed by atoms with E-state index in [0.29, 0.717) is 31.8 Å². The molecule has 0 aromatic rings. The number of likely N-dealkylation sites (N-methyl/N-ethyl adjacent to an activating group) is 1. The lowest BCUT2D eigenvalue weighted by Crippen LogP contribution is -2.55. The highest BCUT2D eigenvalue weighted by Gasteiger charge is 2.60. The molecule has 6 N–H and O–H groups in total. The van der Waals surface area contributed by atoms with Crippen LogP contribution < -0.4 is 0 Å². The van der Waals surface area contributed by atoms with Gasteiger partial charge >= 0.3 is 10.2 Å². The van der Waals surface area contributed by atoms with Crippen molar-refractivity contribution in [2.45, 2.75) is 75.6 Å². The van der Waals surface area contributed by atoms with Gasteiger partial charge in [-0.1, -0.05) is 44.8 Å². The summed E-state index contributed by atoms with van der Waals surface area (Å²) in [5, 5.41) is 56.1. The summed E-state index contributed by atoms with van der Waals surface area (Å²) in [6.45, 7) is -0.901. The van der Waals surface area contributed by atoms with Crippen LogP contribution in [0.25, 0.3) is 0 Å². The van der Waals surface area contributed by atoms with Crippen molar-refractivity contribution >= 4 is 16.1 Å². The lowest BCUT2D eigenvalue weighted by molar-refractivity contribution is -0.175. The number of aliphatic hydroxyl groups is 6. The summed E-state index contributed by atoms with van der Waals surface area (Å²) in [6.07, 6.45) is -7.37. The normalized spacial score (nSPS) is 19.9. The van der Waals surface area contributed by atoms with E-state index in [9.17, 15) is 49.8 Å². The van der Waals surface area contributed by atoms with Crippen LogP contribution in [-0.2, 0) is 4.79 Å². The maximum absolute atomic E-state index is 12.1. The molecule has 0 radical (unpaired) electrons. The first-order valence-corrected chi connectivity index (χ1v) is 11.6. The van der Waals surface area contributed by atoms with Crippen molar-refractivity contribution in [3.05, 3.63) is 11.5 Å². The van der Waals surface area contributed by atoms with Gasteiger partial charge in [0.05, 0.1) is 12.0 Å². The molecule has 0 heterocycles. The Bertz CT molecular complexity index is 593. The summed E-state index contributed by atoms with van der Waals surface area (Å²) in [5.74, 6) is -0.602. The first-order chi connectivity index (χ1) is 13.9. The van der Waals surface area contributed by atoms with Crippen LogP contribution in [-0.4, -0.2) is 85.7 Å². The summed E-state index contributed by atoms with van der Waals surface area (Å²) >= 11 is 0. The van der Waals surface area contributed by atoms with E-state index in [0.717, 1.165) is 11.9 Å². The highest BCUT2D eigenvalue weighted by atomic mass is 32.5. The molecule has 0 aromatic carbocycles. The van der Waals surface area contributed by atoms with Crippen LogP contribution in [0.4, 0.5) is 19.4 Å². The largest absolute Gasteiger partial charge is 0.394 e. The lowest BCUT2D eigenvalue weighted by Gasteiger charge is -2.36. The third kappa shape index (κ3) is 13.2. The summed E-state index contributed by atoms with van der Waals surface area (Å²) in [6, 6.07) is 0. The molecule has 14 heteroatoms. The van der Waals surface area contributed by atoms with Gasteiger partial charge in [0.1, 0.15) is 24.4 Å². The Hall–Kier alpha value is -1.03. The fourth-order valence-electron chi connectivity index (χ4n) is 2.59. The molecular weight excluding hydrogens is 457 g/mol. The first kappa shape index (κ1) is 30.0. The van der Waals surface area contributed by atoms with Gasteiger partial charge in [0.15, 0.2) is 6.23 Å². The van der Waals surface area contributed by atoms with Crippen LogP contribution in [0, 0.1) is 0 Å². The topological polar surface area (TPSA) is 142 Å². The van der Waals surface area contributed by atoms with Crippen LogP contribution in [0.15, 0.2) is 11.5 Å². The van der Waals surface area contributed by atoms with Gasteiger partial charge < -0.3 is 35.5 Å². The molecule has 0 aliphatic rings. The van der Waals surface area contributed by atoms with Crippen LogP contribution in [0.2, 0.25) is 0 Å². The van der Waals surface area contributed by atoms with Crippen LogP contribution in [0.1, 0.15) is 44.9 Å². The molecular formula is C17H32F5NO7S. The van der Waals surface area contributed by atoms with Crippen LogP contribution in [0.5, 0.6) is 0 Å². The minimum absolute atomic E-state index is 0.0533. The van der Waals surface area contributed by atoms with Crippen molar-refractivity contribution in [1.29, 1.82) is 0 Å². The Kier molecular flexibility index (Phi) is 10.8. The number of amides is 1. The monoisotopic (exact) mass is 489 g/mol. The van der Waals surface area contributed by atoms with Gasteiger partial charge in [-0.15, -0.1) is 0 Å². The third-order valence-corrected chi connectivity index (χ3v) is 5.20. The molecule has 5 unspecified atom stereocenters. The van der Waals surface area contributed by atoms with Gasteiger partial charge in [0.25, 0.3) is 0 Å². The smallest absolute Gasteiger partial charge is 0.304 e. The van der Waals surface area contributed by atoms with Gasteiger partial charge in [-0.2, -0.15) is 0 Å². The van der Waals surface area contributed by atoms with Gasteiger partial charge in [-0.25, -0.2) is 0 Å². The molecule has 5 atom stereocenters. The molecule has 1 amide bonds. The molecule has 0 spiro atoms. The number of halogens is 5. The summed E-state index contributed by atoms with van der Waals surface area (Å²) < 4.78 is 60.4.